The van der Waals surface area contributed by atoms with E-state index in [0.29, 0.717) is 0 Å². The van der Waals surface area contributed by atoms with Gasteiger partial charge in [-0.15, -0.1) is 0 Å². The number of benzene rings is 1. The monoisotopic (exact) mass is 362 g/mol. The number of hydrogen-bond donors (Lipinski definition) is 2. The molecule has 0 unspecified atom stereocenters. The third kappa shape index (κ3) is 3.23. The Hall–Kier alpha value is -3.92. The van der Waals surface area contributed by atoms with Crippen molar-refractivity contribution >= 4 is 46.1 Å². The van der Waals surface area contributed by atoms with Gasteiger partial charge in [0.25, 0.3) is 0 Å². The Bertz CT molecular complexity index is 1190. The number of nitrogens with zero attached hydrogens (tertiary/aromatic N) is 2. The Morgan fingerprint density at radius 3 is 1.43 bits per heavy atom. The lowest BCUT2D eigenvalue weighted by molar-refractivity contribution is 1.33. The standard InChI is InChI=1S/C24H18N4/c1-3-19(25-15-1)11-13-21-9-7-17-5-6-18-8-10-22(28-24(18)23(17)27-21)14-12-20-4-2-16-26-20/h1-16,25-26H/b13-11-,14-12+. The van der Waals surface area contributed by atoms with E-state index in [2.05, 4.69) is 34.2 Å². The van der Waals surface area contributed by atoms with Gasteiger partial charge in [-0.3, -0.25) is 0 Å². The first-order valence-electron chi connectivity index (χ1n) is 9.19. The maximum Gasteiger partial charge on any atom is 0.0972 e. The average Bonchev–Trinajstić information content (AvgIpc) is 3.44. The lowest BCUT2D eigenvalue weighted by atomic mass is 10.1. The van der Waals surface area contributed by atoms with E-state index in [0.717, 1.165) is 44.6 Å². The second kappa shape index (κ2) is 7.00. The highest BCUT2D eigenvalue weighted by atomic mass is 14.8. The van der Waals surface area contributed by atoms with Crippen LogP contribution in [0.5, 0.6) is 0 Å². The van der Waals surface area contributed by atoms with Crippen LogP contribution in [0.15, 0.2) is 73.1 Å². The number of H-pyrrole nitrogens is 2. The molecule has 2 N–H and O–H groups in total. The van der Waals surface area contributed by atoms with E-state index in [1.807, 2.05) is 73.1 Å². The van der Waals surface area contributed by atoms with Crippen LogP contribution in [0.1, 0.15) is 22.8 Å². The topological polar surface area (TPSA) is 57.4 Å². The van der Waals surface area contributed by atoms with Gasteiger partial charge in [0.2, 0.25) is 0 Å². The first-order chi connectivity index (χ1) is 13.8. The largest absolute Gasteiger partial charge is 0.362 e. The summed E-state index contributed by atoms with van der Waals surface area (Å²) < 4.78 is 0. The van der Waals surface area contributed by atoms with Crippen molar-refractivity contribution in [2.75, 3.05) is 0 Å². The van der Waals surface area contributed by atoms with Crippen LogP contribution in [0.4, 0.5) is 0 Å². The van der Waals surface area contributed by atoms with Crippen molar-refractivity contribution in [3.8, 4) is 0 Å². The predicted octanol–water partition coefficient (Wildman–Crippen LogP) is 5.78. The number of rotatable bonds is 4. The Morgan fingerprint density at radius 2 is 1.00 bits per heavy atom. The van der Waals surface area contributed by atoms with Gasteiger partial charge in [-0.2, -0.15) is 0 Å². The molecule has 0 amide bonds. The van der Waals surface area contributed by atoms with Crippen LogP contribution in [0, 0.1) is 0 Å². The van der Waals surface area contributed by atoms with E-state index in [1.165, 1.54) is 0 Å². The van der Waals surface area contributed by atoms with Crippen molar-refractivity contribution in [2.45, 2.75) is 0 Å². The normalized spacial score (nSPS) is 12.0. The van der Waals surface area contributed by atoms with Gasteiger partial charge in [-0.1, -0.05) is 24.3 Å². The summed E-state index contributed by atoms with van der Waals surface area (Å²) in [5.74, 6) is 0. The zero-order valence-electron chi connectivity index (χ0n) is 15.1. The maximum atomic E-state index is 4.86. The highest BCUT2D eigenvalue weighted by Crippen LogP contribution is 2.24. The molecule has 0 fully saturated rings. The lowest BCUT2D eigenvalue weighted by Gasteiger charge is -2.05. The van der Waals surface area contributed by atoms with Gasteiger partial charge >= 0.3 is 0 Å². The summed E-state index contributed by atoms with van der Waals surface area (Å²) >= 11 is 0. The van der Waals surface area contributed by atoms with E-state index < -0.39 is 0 Å². The summed E-state index contributed by atoms with van der Waals surface area (Å²) in [6.45, 7) is 0. The molecule has 0 saturated heterocycles. The minimum Gasteiger partial charge on any atom is -0.362 e. The second-order valence-corrected chi connectivity index (χ2v) is 6.60. The maximum absolute atomic E-state index is 4.86. The van der Waals surface area contributed by atoms with Crippen molar-refractivity contribution < 1.29 is 0 Å². The number of aromatic nitrogens is 4. The third-order valence-corrected chi connectivity index (χ3v) is 4.67. The molecule has 0 radical (unpaired) electrons. The van der Waals surface area contributed by atoms with E-state index >= 15 is 0 Å². The molecule has 4 aromatic heterocycles. The molecule has 28 heavy (non-hydrogen) atoms. The van der Waals surface area contributed by atoms with Gasteiger partial charge in [0.1, 0.15) is 0 Å². The van der Waals surface area contributed by atoms with Crippen molar-refractivity contribution in [3.05, 3.63) is 95.8 Å². The predicted molar refractivity (Wildman–Crippen MR) is 116 cm³/mol. The highest BCUT2D eigenvalue weighted by Gasteiger charge is 2.05. The van der Waals surface area contributed by atoms with Crippen molar-refractivity contribution in [3.63, 3.8) is 0 Å². The van der Waals surface area contributed by atoms with Crippen LogP contribution in [0.2, 0.25) is 0 Å². The molecule has 4 heterocycles. The minimum absolute atomic E-state index is 0.906. The van der Waals surface area contributed by atoms with Gasteiger partial charge in [0.05, 0.1) is 22.4 Å². The number of nitrogens with one attached hydrogen (secondary N) is 2. The highest BCUT2D eigenvalue weighted by molar-refractivity contribution is 6.03. The fourth-order valence-electron chi connectivity index (χ4n) is 3.23. The molecule has 5 aromatic rings. The minimum atomic E-state index is 0.906. The number of fused-ring (bicyclic) bond motifs is 3. The van der Waals surface area contributed by atoms with E-state index in [1.54, 1.807) is 0 Å². The molecular formula is C24H18N4. The molecule has 0 atom stereocenters. The molecule has 4 heteroatoms. The first-order valence-corrected chi connectivity index (χ1v) is 9.19. The van der Waals surface area contributed by atoms with Crippen molar-refractivity contribution in [1.29, 1.82) is 0 Å². The van der Waals surface area contributed by atoms with Crippen LogP contribution < -0.4 is 0 Å². The van der Waals surface area contributed by atoms with Crippen LogP contribution in [-0.4, -0.2) is 19.9 Å². The lowest BCUT2D eigenvalue weighted by Crippen LogP contribution is -1.89. The summed E-state index contributed by atoms with van der Waals surface area (Å²) in [4.78, 5) is 16.1. The van der Waals surface area contributed by atoms with E-state index in [9.17, 15) is 0 Å². The fourth-order valence-corrected chi connectivity index (χ4v) is 3.23. The summed E-state index contributed by atoms with van der Waals surface area (Å²) in [6, 6.07) is 20.5. The number of pyridine rings is 2. The molecule has 1 aromatic carbocycles. The van der Waals surface area contributed by atoms with Gasteiger partial charge in [-0.05, 0) is 60.7 Å². The fraction of sp³-hybridized carbons (Fsp3) is 0. The quantitative estimate of drug-likeness (QED) is 0.398. The van der Waals surface area contributed by atoms with E-state index in [-0.39, 0.29) is 0 Å². The smallest absolute Gasteiger partial charge is 0.0972 e. The zero-order chi connectivity index (χ0) is 18.8. The molecule has 0 saturated carbocycles. The van der Waals surface area contributed by atoms with Gasteiger partial charge < -0.3 is 9.97 Å². The van der Waals surface area contributed by atoms with Crippen LogP contribution >= 0.6 is 0 Å². The third-order valence-electron chi connectivity index (χ3n) is 4.67. The van der Waals surface area contributed by atoms with Crippen molar-refractivity contribution in [2.24, 2.45) is 0 Å². The molecule has 4 nitrogen and oxygen atoms in total. The molecule has 0 bridgehead atoms. The summed E-state index contributed by atoms with van der Waals surface area (Å²) in [6.07, 6.45) is 11.9. The van der Waals surface area contributed by atoms with Gasteiger partial charge in [0.15, 0.2) is 0 Å². The molecule has 134 valence electrons. The first kappa shape index (κ1) is 16.3. The second-order valence-electron chi connectivity index (χ2n) is 6.60. The molecule has 0 aliphatic heterocycles. The van der Waals surface area contributed by atoms with Crippen LogP contribution in [0.3, 0.4) is 0 Å². The number of aromatic amines is 2. The molecule has 5 rings (SSSR count). The average molecular weight is 362 g/mol. The summed E-state index contributed by atoms with van der Waals surface area (Å²) in [7, 11) is 0. The molecule has 0 aliphatic rings. The Morgan fingerprint density at radius 1 is 0.536 bits per heavy atom. The van der Waals surface area contributed by atoms with Gasteiger partial charge in [-0.25, -0.2) is 9.97 Å². The molecular weight excluding hydrogens is 344 g/mol. The number of hydrogen-bond acceptors (Lipinski definition) is 2. The SMILES string of the molecule is C(=C/c1ccc[nH]1)/c1ccc2ccc3ccc(/C=C/c4ccc[nH]4)nc3c2n1. The van der Waals surface area contributed by atoms with E-state index in [4.69, 9.17) is 9.97 Å². The van der Waals surface area contributed by atoms with Gasteiger partial charge in [0, 0.05) is 34.6 Å². The Kier molecular flexibility index (Phi) is 4.07. The van der Waals surface area contributed by atoms with Crippen LogP contribution in [0.25, 0.3) is 46.1 Å². The summed E-state index contributed by atoms with van der Waals surface area (Å²) in [5.41, 5.74) is 5.75. The van der Waals surface area contributed by atoms with Crippen LogP contribution in [-0.2, 0) is 0 Å². The zero-order valence-corrected chi connectivity index (χ0v) is 15.1. The molecule has 0 spiro atoms. The van der Waals surface area contributed by atoms with Crippen molar-refractivity contribution in [1.82, 2.24) is 19.9 Å². The Balaban J connectivity index is 1.58. The molecule has 0 aliphatic carbocycles. The Labute approximate surface area is 162 Å². The summed E-state index contributed by atoms with van der Waals surface area (Å²) in [5, 5.41) is 2.17.